The number of nitrogens with one attached hydrogen (secondary N) is 1. The molecule has 0 saturated carbocycles. The van der Waals surface area contributed by atoms with Crippen molar-refractivity contribution >= 4 is 29.1 Å². The average Bonchev–Trinajstić information content (AvgIpc) is 3.22. The van der Waals surface area contributed by atoms with Gasteiger partial charge in [0, 0.05) is 17.9 Å². The van der Waals surface area contributed by atoms with E-state index in [1.165, 1.54) is 0 Å². The Balaban J connectivity index is 1.55. The third-order valence-corrected chi connectivity index (χ3v) is 5.66. The first-order valence-electron chi connectivity index (χ1n) is 10.5. The number of hydrogen-bond donors (Lipinski definition) is 1. The van der Waals surface area contributed by atoms with Crippen LogP contribution >= 0.6 is 0 Å². The maximum absolute atomic E-state index is 11.2. The second-order valence-electron chi connectivity index (χ2n) is 7.67. The lowest BCUT2D eigenvalue weighted by Gasteiger charge is -2.30. The Bertz CT molecular complexity index is 1220. The van der Waals surface area contributed by atoms with Gasteiger partial charge in [0.1, 0.15) is 11.9 Å². The number of aromatic nitrogens is 2. The van der Waals surface area contributed by atoms with Crippen LogP contribution in [-0.2, 0) is 9.53 Å². The van der Waals surface area contributed by atoms with Crippen LogP contribution in [0.4, 0.5) is 11.6 Å². The Kier molecular flexibility index (Phi) is 5.47. The van der Waals surface area contributed by atoms with Gasteiger partial charge < -0.3 is 19.7 Å². The van der Waals surface area contributed by atoms with Crippen LogP contribution in [-0.4, -0.2) is 47.7 Å². The summed E-state index contributed by atoms with van der Waals surface area (Å²) in [5, 5.41) is 3.44. The number of morpholine rings is 1. The van der Waals surface area contributed by atoms with E-state index in [4.69, 9.17) is 14.5 Å². The number of para-hydroxylation sites is 1. The SMILES string of the molecule is COc1ccc(Nc2nc3cc(C4CN(C=O)CCO4)ccc3n2-c2ccccc2)cc1. The zero-order valence-electron chi connectivity index (χ0n) is 17.8. The van der Waals surface area contributed by atoms with E-state index in [0.717, 1.165) is 40.1 Å². The molecule has 1 aliphatic heterocycles. The normalized spacial score (nSPS) is 16.2. The molecule has 32 heavy (non-hydrogen) atoms. The lowest BCUT2D eigenvalue weighted by molar-refractivity contribution is -0.125. The van der Waals surface area contributed by atoms with Crippen molar-refractivity contribution in [2.45, 2.75) is 6.10 Å². The van der Waals surface area contributed by atoms with Crippen molar-refractivity contribution < 1.29 is 14.3 Å². The number of anilines is 2. The molecule has 1 saturated heterocycles. The molecule has 0 aliphatic carbocycles. The Morgan fingerprint density at radius 3 is 2.66 bits per heavy atom. The maximum atomic E-state index is 11.2. The molecule has 4 aromatic rings. The summed E-state index contributed by atoms with van der Waals surface area (Å²) in [5.41, 5.74) is 4.78. The lowest BCUT2D eigenvalue weighted by Crippen LogP contribution is -2.37. The van der Waals surface area contributed by atoms with Gasteiger partial charge in [0.15, 0.2) is 0 Å². The second-order valence-corrected chi connectivity index (χ2v) is 7.67. The van der Waals surface area contributed by atoms with E-state index in [-0.39, 0.29) is 6.10 Å². The molecule has 0 spiro atoms. The number of ether oxygens (including phenoxy) is 2. The van der Waals surface area contributed by atoms with E-state index >= 15 is 0 Å². The van der Waals surface area contributed by atoms with Crippen LogP contribution in [0.1, 0.15) is 11.7 Å². The first-order valence-corrected chi connectivity index (χ1v) is 10.5. The van der Waals surface area contributed by atoms with Gasteiger partial charge in [0.05, 0.1) is 31.3 Å². The zero-order chi connectivity index (χ0) is 21.9. The van der Waals surface area contributed by atoms with Crippen LogP contribution in [0.25, 0.3) is 16.7 Å². The van der Waals surface area contributed by atoms with Gasteiger partial charge in [-0.15, -0.1) is 0 Å². The highest BCUT2D eigenvalue weighted by atomic mass is 16.5. The van der Waals surface area contributed by atoms with Gasteiger partial charge >= 0.3 is 0 Å². The highest BCUT2D eigenvalue weighted by molar-refractivity contribution is 5.83. The van der Waals surface area contributed by atoms with Gasteiger partial charge in [-0.25, -0.2) is 4.98 Å². The molecule has 0 bridgehead atoms. The van der Waals surface area contributed by atoms with Crippen LogP contribution in [0.5, 0.6) is 5.75 Å². The lowest BCUT2D eigenvalue weighted by atomic mass is 10.1. The van der Waals surface area contributed by atoms with Crippen LogP contribution < -0.4 is 10.1 Å². The summed E-state index contributed by atoms with van der Waals surface area (Å²) in [4.78, 5) is 17.9. The highest BCUT2D eigenvalue weighted by Gasteiger charge is 2.22. The number of hydrogen-bond acceptors (Lipinski definition) is 5. The van der Waals surface area contributed by atoms with E-state index in [0.29, 0.717) is 25.6 Å². The number of amides is 1. The van der Waals surface area contributed by atoms with Gasteiger partial charge in [-0.3, -0.25) is 9.36 Å². The Hall–Kier alpha value is -3.84. The fourth-order valence-electron chi connectivity index (χ4n) is 3.99. The van der Waals surface area contributed by atoms with E-state index in [1.807, 2.05) is 48.5 Å². The number of methoxy groups -OCH3 is 1. The van der Waals surface area contributed by atoms with Gasteiger partial charge in [0.2, 0.25) is 12.4 Å². The number of imidazole rings is 1. The van der Waals surface area contributed by atoms with Crippen LogP contribution in [0.15, 0.2) is 72.8 Å². The molecule has 3 aromatic carbocycles. The molecule has 162 valence electrons. The van der Waals surface area contributed by atoms with Crippen molar-refractivity contribution in [2.75, 3.05) is 32.1 Å². The summed E-state index contributed by atoms with van der Waals surface area (Å²) >= 11 is 0. The molecule has 1 fully saturated rings. The van der Waals surface area contributed by atoms with Gasteiger partial charge in [0.25, 0.3) is 0 Å². The summed E-state index contributed by atoms with van der Waals surface area (Å²) in [5.74, 6) is 1.52. The first-order chi connectivity index (χ1) is 15.7. The zero-order valence-corrected chi connectivity index (χ0v) is 17.8. The third-order valence-electron chi connectivity index (χ3n) is 5.66. The average molecular weight is 428 g/mol. The minimum atomic E-state index is -0.154. The van der Waals surface area contributed by atoms with Crippen molar-refractivity contribution in [1.29, 1.82) is 0 Å². The van der Waals surface area contributed by atoms with Gasteiger partial charge in [-0.1, -0.05) is 24.3 Å². The first kappa shape index (κ1) is 20.1. The van der Waals surface area contributed by atoms with E-state index in [1.54, 1.807) is 12.0 Å². The molecule has 1 N–H and O–H groups in total. The van der Waals surface area contributed by atoms with Gasteiger partial charge in [-0.05, 0) is 54.1 Å². The number of benzene rings is 3. The van der Waals surface area contributed by atoms with E-state index in [9.17, 15) is 4.79 Å². The standard InChI is InChI=1S/C25H24N4O3/c1-31-21-10-8-19(9-11-21)26-25-27-22-15-18(24-16-28(17-30)13-14-32-24)7-12-23(22)29(25)20-5-3-2-4-6-20/h2-12,15,17,24H,13-14,16H2,1H3,(H,26,27). The third kappa shape index (κ3) is 3.90. The fourth-order valence-corrected chi connectivity index (χ4v) is 3.99. The molecule has 2 heterocycles. The molecule has 1 amide bonds. The predicted molar refractivity (Wildman–Crippen MR) is 124 cm³/mol. The molecule has 7 heteroatoms. The molecule has 7 nitrogen and oxygen atoms in total. The molecule has 0 radical (unpaired) electrons. The van der Waals surface area contributed by atoms with E-state index < -0.39 is 0 Å². The molecule has 1 unspecified atom stereocenters. The van der Waals surface area contributed by atoms with E-state index in [2.05, 4.69) is 34.1 Å². The Morgan fingerprint density at radius 1 is 1.09 bits per heavy atom. The molecular weight excluding hydrogens is 404 g/mol. The number of nitrogens with zero attached hydrogens (tertiary/aromatic N) is 3. The number of carbonyl (C=O) groups excluding carboxylic acids is 1. The minimum Gasteiger partial charge on any atom is -0.497 e. The summed E-state index contributed by atoms with van der Waals surface area (Å²) in [6, 6.07) is 24.0. The largest absolute Gasteiger partial charge is 0.497 e. The number of fused-ring (bicyclic) bond motifs is 1. The molecule has 1 atom stereocenters. The van der Waals surface area contributed by atoms with Crippen molar-refractivity contribution in [2.24, 2.45) is 0 Å². The topological polar surface area (TPSA) is 68.6 Å². The summed E-state index contributed by atoms with van der Waals surface area (Å²) in [6.45, 7) is 1.70. The highest BCUT2D eigenvalue weighted by Crippen LogP contribution is 2.31. The van der Waals surface area contributed by atoms with Gasteiger partial charge in [-0.2, -0.15) is 0 Å². The minimum absolute atomic E-state index is 0.154. The van der Waals surface area contributed by atoms with Crippen LogP contribution in [0.3, 0.4) is 0 Å². The Labute approximate surface area is 186 Å². The molecule has 1 aromatic heterocycles. The summed E-state index contributed by atoms with van der Waals surface area (Å²) in [7, 11) is 1.65. The summed E-state index contributed by atoms with van der Waals surface area (Å²) < 4.78 is 13.3. The number of rotatable bonds is 6. The van der Waals surface area contributed by atoms with Crippen LogP contribution in [0, 0.1) is 0 Å². The predicted octanol–water partition coefficient (Wildman–Crippen LogP) is 4.31. The van der Waals surface area contributed by atoms with Crippen LogP contribution in [0.2, 0.25) is 0 Å². The fraction of sp³-hybridized carbons (Fsp3) is 0.200. The molecule has 1 aliphatic rings. The monoisotopic (exact) mass is 428 g/mol. The smallest absolute Gasteiger partial charge is 0.213 e. The van der Waals surface area contributed by atoms with Crippen molar-refractivity contribution in [3.63, 3.8) is 0 Å². The molecule has 5 rings (SSSR count). The second kappa shape index (κ2) is 8.72. The summed E-state index contributed by atoms with van der Waals surface area (Å²) in [6.07, 6.45) is 0.730. The van der Waals surface area contributed by atoms with Crippen molar-refractivity contribution in [3.05, 3.63) is 78.4 Å². The van der Waals surface area contributed by atoms with Crippen molar-refractivity contribution in [1.82, 2.24) is 14.5 Å². The molecular formula is C25H24N4O3. The maximum Gasteiger partial charge on any atom is 0.213 e. The quantitative estimate of drug-likeness (QED) is 0.464. The number of carbonyl (C=O) groups is 1. The van der Waals surface area contributed by atoms with Crippen molar-refractivity contribution in [3.8, 4) is 11.4 Å². The Morgan fingerprint density at radius 2 is 1.91 bits per heavy atom.